The van der Waals surface area contributed by atoms with Crippen molar-refractivity contribution in [1.82, 2.24) is 0 Å². The minimum Gasteiger partial charge on any atom is -0.481 e. The molecular formula is C16H15NO5. The number of carboxylic acids is 1. The lowest BCUT2D eigenvalue weighted by Crippen LogP contribution is -2.39. The van der Waals surface area contributed by atoms with E-state index in [1.165, 1.54) is 6.92 Å². The van der Waals surface area contributed by atoms with Crippen molar-refractivity contribution >= 4 is 23.3 Å². The molecule has 2 N–H and O–H groups in total. The van der Waals surface area contributed by atoms with Gasteiger partial charge in [0.15, 0.2) is 5.78 Å². The Bertz CT molecular complexity index is 681. The number of Topliss-reactive ketones (excluding diaryl/α,β-unsaturated/α-hetero) is 1. The van der Waals surface area contributed by atoms with E-state index in [1.807, 2.05) is 0 Å². The van der Waals surface area contributed by atoms with E-state index in [4.69, 9.17) is 4.74 Å². The fourth-order valence-corrected chi connectivity index (χ4v) is 3.03. The fraction of sp³-hybridized carbons (Fsp3) is 0.312. The largest absolute Gasteiger partial charge is 0.481 e. The van der Waals surface area contributed by atoms with Crippen LogP contribution in [-0.2, 0) is 14.3 Å². The number of nitrogens with one attached hydrogen (secondary N) is 1. The number of fused-ring (bicyclic) bond motifs is 2. The van der Waals surface area contributed by atoms with Crippen LogP contribution in [0, 0.1) is 11.8 Å². The van der Waals surface area contributed by atoms with Crippen LogP contribution in [0.5, 0.6) is 0 Å². The SMILES string of the molecule is CC(=O)c1ccccc1NC(=O)C1C2C=CC(O2)C1C(=O)O. The van der Waals surface area contributed by atoms with E-state index in [9.17, 15) is 19.5 Å². The molecule has 1 amide bonds. The van der Waals surface area contributed by atoms with E-state index in [1.54, 1.807) is 36.4 Å². The van der Waals surface area contributed by atoms with E-state index >= 15 is 0 Å². The van der Waals surface area contributed by atoms with Crippen molar-refractivity contribution in [3.63, 3.8) is 0 Å². The number of carbonyl (C=O) groups excluding carboxylic acids is 2. The third-order valence-corrected chi connectivity index (χ3v) is 4.05. The lowest BCUT2D eigenvalue weighted by atomic mass is 9.82. The maximum atomic E-state index is 12.5. The van der Waals surface area contributed by atoms with Crippen LogP contribution in [0.15, 0.2) is 36.4 Å². The number of anilines is 1. The van der Waals surface area contributed by atoms with Crippen molar-refractivity contribution in [2.75, 3.05) is 5.32 Å². The van der Waals surface area contributed by atoms with Crippen molar-refractivity contribution in [2.24, 2.45) is 11.8 Å². The van der Waals surface area contributed by atoms with Crippen LogP contribution in [0.2, 0.25) is 0 Å². The number of rotatable bonds is 4. The van der Waals surface area contributed by atoms with Crippen molar-refractivity contribution in [1.29, 1.82) is 0 Å². The lowest BCUT2D eigenvalue weighted by molar-refractivity contribution is -0.145. The minimum atomic E-state index is -1.06. The summed E-state index contributed by atoms with van der Waals surface area (Å²) >= 11 is 0. The maximum absolute atomic E-state index is 12.5. The van der Waals surface area contributed by atoms with Crippen molar-refractivity contribution in [2.45, 2.75) is 19.1 Å². The Morgan fingerprint density at radius 1 is 1.09 bits per heavy atom. The van der Waals surface area contributed by atoms with Gasteiger partial charge < -0.3 is 15.2 Å². The molecule has 0 radical (unpaired) electrons. The van der Waals surface area contributed by atoms with Gasteiger partial charge in [-0.3, -0.25) is 14.4 Å². The van der Waals surface area contributed by atoms with Crippen molar-refractivity contribution < 1.29 is 24.2 Å². The van der Waals surface area contributed by atoms with Gasteiger partial charge in [0.05, 0.1) is 23.8 Å². The molecule has 22 heavy (non-hydrogen) atoms. The summed E-state index contributed by atoms with van der Waals surface area (Å²) in [6.07, 6.45) is 2.29. The van der Waals surface area contributed by atoms with E-state index in [0.29, 0.717) is 11.3 Å². The minimum absolute atomic E-state index is 0.172. The Morgan fingerprint density at radius 3 is 2.36 bits per heavy atom. The number of hydrogen-bond donors (Lipinski definition) is 2. The molecule has 2 aliphatic rings. The van der Waals surface area contributed by atoms with Crippen LogP contribution in [0.1, 0.15) is 17.3 Å². The Labute approximate surface area is 126 Å². The molecule has 0 aromatic heterocycles. The van der Waals surface area contributed by atoms with E-state index < -0.39 is 35.9 Å². The summed E-state index contributed by atoms with van der Waals surface area (Å²) in [5, 5.41) is 12.0. The molecule has 2 aliphatic heterocycles. The van der Waals surface area contributed by atoms with Gasteiger partial charge in [0.2, 0.25) is 5.91 Å². The Hall–Kier alpha value is -2.47. The number of ketones is 1. The quantitative estimate of drug-likeness (QED) is 0.649. The summed E-state index contributed by atoms with van der Waals surface area (Å²) < 4.78 is 5.48. The van der Waals surface area contributed by atoms with Gasteiger partial charge in [0.1, 0.15) is 5.92 Å². The average Bonchev–Trinajstić information content (AvgIpc) is 3.08. The first-order valence-electron chi connectivity index (χ1n) is 6.96. The first-order valence-corrected chi connectivity index (χ1v) is 6.96. The zero-order valence-electron chi connectivity index (χ0n) is 11.9. The number of benzene rings is 1. The molecule has 1 aromatic rings. The first kappa shape index (κ1) is 14.5. The molecule has 2 heterocycles. The highest BCUT2D eigenvalue weighted by Crippen LogP contribution is 2.40. The second kappa shape index (κ2) is 5.38. The number of carbonyl (C=O) groups is 3. The zero-order valence-corrected chi connectivity index (χ0v) is 11.9. The Kier molecular flexibility index (Phi) is 3.54. The van der Waals surface area contributed by atoms with Crippen LogP contribution in [0.25, 0.3) is 0 Å². The highest BCUT2D eigenvalue weighted by atomic mass is 16.5. The molecule has 4 atom stereocenters. The Balaban J connectivity index is 1.85. The Morgan fingerprint density at radius 2 is 1.73 bits per heavy atom. The highest BCUT2D eigenvalue weighted by molar-refractivity contribution is 6.05. The summed E-state index contributed by atoms with van der Waals surface area (Å²) in [5.41, 5.74) is 0.776. The molecule has 1 saturated heterocycles. The van der Waals surface area contributed by atoms with Crippen LogP contribution >= 0.6 is 0 Å². The second-order valence-electron chi connectivity index (χ2n) is 5.43. The summed E-state index contributed by atoms with van der Waals surface area (Å²) in [6, 6.07) is 6.64. The first-order chi connectivity index (χ1) is 10.5. The van der Waals surface area contributed by atoms with Gasteiger partial charge >= 0.3 is 5.97 Å². The van der Waals surface area contributed by atoms with E-state index in [0.717, 1.165) is 0 Å². The normalized spacial score (nSPS) is 28.6. The number of amides is 1. The van der Waals surface area contributed by atoms with Crippen LogP contribution in [-0.4, -0.2) is 35.0 Å². The predicted octanol–water partition coefficient (Wildman–Crippen LogP) is 1.48. The molecule has 1 aromatic carbocycles. The van der Waals surface area contributed by atoms with Gasteiger partial charge in [0.25, 0.3) is 0 Å². The number of aliphatic carboxylic acids is 1. The third-order valence-electron chi connectivity index (χ3n) is 4.05. The number of hydrogen-bond acceptors (Lipinski definition) is 4. The number of para-hydroxylation sites is 1. The van der Waals surface area contributed by atoms with Gasteiger partial charge in [-0.05, 0) is 19.1 Å². The van der Waals surface area contributed by atoms with Crippen LogP contribution in [0.4, 0.5) is 5.69 Å². The van der Waals surface area contributed by atoms with E-state index in [-0.39, 0.29) is 5.78 Å². The highest BCUT2D eigenvalue weighted by Gasteiger charge is 2.53. The third kappa shape index (κ3) is 2.31. The molecule has 1 fully saturated rings. The van der Waals surface area contributed by atoms with Gasteiger partial charge in [0, 0.05) is 5.56 Å². The number of ether oxygens (including phenoxy) is 1. The van der Waals surface area contributed by atoms with Gasteiger partial charge in [-0.1, -0.05) is 24.3 Å². The zero-order chi connectivity index (χ0) is 15.9. The molecule has 2 bridgehead atoms. The molecule has 114 valence electrons. The fourth-order valence-electron chi connectivity index (χ4n) is 3.03. The molecular weight excluding hydrogens is 286 g/mol. The summed E-state index contributed by atoms with van der Waals surface area (Å²) in [7, 11) is 0. The lowest BCUT2D eigenvalue weighted by Gasteiger charge is -2.21. The van der Waals surface area contributed by atoms with Crippen LogP contribution < -0.4 is 5.32 Å². The van der Waals surface area contributed by atoms with Gasteiger partial charge in [-0.2, -0.15) is 0 Å². The van der Waals surface area contributed by atoms with Gasteiger partial charge in [-0.15, -0.1) is 0 Å². The standard InChI is InChI=1S/C16H15NO5/c1-8(18)9-4-2-3-5-10(9)17-15(19)13-11-6-7-12(22-11)14(13)16(20)21/h2-7,11-14H,1H3,(H,17,19)(H,20,21). The summed E-state index contributed by atoms with van der Waals surface area (Å²) in [4.78, 5) is 35.5. The molecule has 6 nitrogen and oxygen atoms in total. The van der Waals surface area contributed by atoms with Gasteiger partial charge in [-0.25, -0.2) is 0 Å². The molecule has 3 rings (SSSR count). The molecule has 0 aliphatic carbocycles. The van der Waals surface area contributed by atoms with Crippen molar-refractivity contribution in [3.05, 3.63) is 42.0 Å². The number of carboxylic acid groups (broad SMARTS) is 1. The molecule has 0 spiro atoms. The average molecular weight is 301 g/mol. The monoisotopic (exact) mass is 301 g/mol. The molecule has 0 saturated carbocycles. The van der Waals surface area contributed by atoms with Crippen LogP contribution in [0.3, 0.4) is 0 Å². The summed E-state index contributed by atoms with van der Waals surface area (Å²) in [6.45, 7) is 1.41. The smallest absolute Gasteiger partial charge is 0.310 e. The van der Waals surface area contributed by atoms with Crippen molar-refractivity contribution in [3.8, 4) is 0 Å². The molecule has 6 heteroatoms. The predicted molar refractivity (Wildman–Crippen MR) is 77.5 cm³/mol. The topological polar surface area (TPSA) is 92.7 Å². The van der Waals surface area contributed by atoms with E-state index in [2.05, 4.69) is 5.32 Å². The summed E-state index contributed by atoms with van der Waals surface area (Å²) in [5.74, 6) is -3.38. The second-order valence-corrected chi connectivity index (χ2v) is 5.43. The molecule has 4 unspecified atom stereocenters. The maximum Gasteiger partial charge on any atom is 0.310 e.